The van der Waals surface area contributed by atoms with E-state index in [2.05, 4.69) is 9.97 Å². The lowest BCUT2D eigenvalue weighted by molar-refractivity contribution is 0.912. The van der Waals surface area contributed by atoms with E-state index in [4.69, 9.17) is 11.6 Å². The fourth-order valence-electron chi connectivity index (χ4n) is 1.33. The number of nitrogens with zero attached hydrogens (tertiary/aromatic N) is 2. The van der Waals surface area contributed by atoms with Crippen LogP contribution in [0.3, 0.4) is 0 Å². The Balaban J connectivity index is 2.08. The van der Waals surface area contributed by atoms with Gasteiger partial charge in [0.25, 0.3) is 0 Å². The molecule has 1 heterocycles. The minimum Gasteiger partial charge on any atom is -0.231 e. The fourth-order valence-corrected chi connectivity index (χ4v) is 2.48. The zero-order valence-corrected chi connectivity index (χ0v) is 11.3. The summed E-state index contributed by atoms with van der Waals surface area (Å²) in [5.74, 6) is 0.794. The third kappa shape index (κ3) is 3.20. The van der Waals surface area contributed by atoms with Crippen LogP contribution in [0.15, 0.2) is 35.6 Å². The number of rotatable bonds is 3. The molecule has 0 saturated heterocycles. The van der Waals surface area contributed by atoms with Crippen molar-refractivity contribution in [2.24, 2.45) is 0 Å². The highest BCUT2D eigenvalue weighted by Gasteiger charge is 2.03. The second kappa shape index (κ2) is 5.52. The molecule has 2 nitrogen and oxygen atoms in total. The lowest BCUT2D eigenvalue weighted by atomic mass is 10.2. The molecule has 88 valence electrons. The number of aryl methyl sites for hydroxylation is 2. The summed E-state index contributed by atoms with van der Waals surface area (Å²) < 4.78 is 0. The standard InChI is InChI=1S/C13H13ClN2S/c1-9-7-15-13(16-10(9)2)17-8-11-5-3-4-6-12(11)14/h3-7H,8H2,1-2H3. The van der Waals surface area contributed by atoms with Crippen molar-refractivity contribution in [3.63, 3.8) is 0 Å². The number of thioether (sulfide) groups is 1. The molecule has 0 radical (unpaired) electrons. The zero-order chi connectivity index (χ0) is 12.3. The highest BCUT2D eigenvalue weighted by molar-refractivity contribution is 7.98. The molecule has 0 saturated carbocycles. The molecule has 1 aromatic carbocycles. The van der Waals surface area contributed by atoms with Gasteiger partial charge in [-0.2, -0.15) is 0 Å². The summed E-state index contributed by atoms with van der Waals surface area (Å²) in [5.41, 5.74) is 3.26. The van der Waals surface area contributed by atoms with E-state index in [1.165, 1.54) is 0 Å². The van der Waals surface area contributed by atoms with Gasteiger partial charge in [-0.25, -0.2) is 9.97 Å². The van der Waals surface area contributed by atoms with E-state index in [-0.39, 0.29) is 0 Å². The molecule has 0 amide bonds. The first-order valence-corrected chi connectivity index (χ1v) is 6.69. The minimum absolute atomic E-state index is 0.794. The van der Waals surface area contributed by atoms with Gasteiger partial charge in [-0.1, -0.05) is 41.6 Å². The van der Waals surface area contributed by atoms with Gasteiger partial charge in [-0.15, -0.1) is 0 Å². The lowest BCUT2D eigenvalue weighted by Crippen LogP contribution is -1.93. The Morgan fingerprint density at radius 3 is 2.71 bits per heavy atom. The Morgan fingerprint density at radius 2 is 2.00 bits per heavy atom. The normalized spacial score (nSPS) is 10.5. The minimum atomic E-state index is 0.794. The SMILES string of the molecule is Cc1cnc(SCc2ccccc2Cl)nc1C. The predicted molar refractivity (Wildman–Crippen MR) is 72.5 cm³/mol. The van der Waals surface area contributed by atoms with Crippen molar-refractivity contribution in [2.75, 3.05) is 0 Å². The van der Waals surface area contributed by atoms with E-state index in [0.29, 0.717) is 0 Å². The summed E-state index contributed by atoms with van der Waals surface area (Å²) in [5, 5.41) is 1.59. The highest BCUT2D eigenvalue weighted by Crippen LogP contribution is 2.24. The lowest BCUT2D eigenvalue weighted by Gasteiger charge is -2.04. The van der Waals surface area contributed by atoms with Crippen molar-refractivity contribution >= 4 is 23.4 Å². The largest absolute Gasteiger partial charge is 0.231 e. The Morgan fingerprint density at radius 1 is 1.24 bits per heavy atom. The van der Waals surface area contributed by atoms with Gasteiger partial charge in [-0.05, 0) is 31.0 Å². The van der Waals surface area contributed by atoms with Crippen molar-refractivity contribution in [3.8, 4) is 0 Å². The molecule has 0 N–H and O–H groups in total. The third-order valence-electron chi connectivity index (χ3n) is 2.52. The van der Waals surface area contributed by atoms with E-state index >= 15 is 0 Å². The van der Waals surface area contributed by atoms with Crippen LogP contribution in [0.1, 0.15) is 16.8 Å². The molecule has 0 fully saturated rings. The van der Waals surface area contributed by atoms with E-state index < -0.39 is 0 Å². The second-order valence-electron chi connectivity index (χ2n) is 3.80. The molecule has 0 spiro atoms. The number of aromatic nitrogens is 2. The predicted octanol–water partition coefficient (Wildman–Crippen LogP) is 4.04. The summed E-state index contributed by atoms with van der Waals surface area (Å²) in [4.78, 5) is 8.72. The van der Waals surface area contributed by atoms with E-state index in [0.717, 1.165) is 32.8 Å². The quantitative estimate of drug-likeness (QED) is 0.618. The van der Waals surface area contributed by atoms with Gasteiger partial charge >= 0.3 is 0 Å². The van der Waals surface area contributed by atoms with Crippen LogP contribution in [0.25, 0.3) is 0 Å². The first kappa shape index (κ1) is 12.4. The number of halogens is 1. The summed E-state index contributed by atoms with van der Waals surface area (Å²) in [6.45, 7) is 4.01. The average molecular weight is 265 g/mol. The summed E-state index contributed by atoms with van der Waals surface area (Å²) in [6.07, 6.45) is 1.86. The maximum atomic E-state index is 6.09. The Labute approximate surface area is 110 Å². The molecule has 0 aliphatic rings. The van der Waals surface area contributed by atoms with Gasteiger partial charge < -0.3 is 0 Å². The molecule has 2 rings (SSSR count). The molecule has 0 atom stereocenters. The van der Waals surface area contributed by atoms with Gasteiger partial charge in [0.15, 0.2) is 5.16 Å². The summed E-state index contributed by atoms with van der Waals surface area (Å²) in [7, 11) is 0. The van der Waals surface area contributed by atoms with Gasteiger partial charge in [0.1, 0.15) is 0 Å². The van der Waals surface area contributed by atoms with E-state index in [9.17, 15) is 0 Å². The van der Waals surface area contributed by atoms with Crippen LogP contribution in [0.4, 0.5) is 0 Å². The molecule has 0 aliphatic carbocycles. The fraction of sp³-hybridized carbons (Fsp3) is 0.231. The van der Waals surface area contributed by atoms with Crippen molar-refractivity contribution < 1.29 is 0 Å². The molecular formula is C13H13ClN2S. The molecule has 1 aromatic heterocycles. The Kier molecular flexibility index (Phi) is 4.02. The van der Waals surface area contributed by atoms with Gasteiger partial charge in [0.05, 0.1) is 0 Å². The van der Waals surface area contributed by atoms with Gasteiger partial charge in [0, 0.05) is 22.7 Å². The first-order valence-electron chi connectivity index (χ1n) is 5.33. The van der Waals surface area contributed by atoms with Crippen LogP contribution < -0.4 is 0 Å². The van der Waals surface area contributed by atoms with Crippen molar-refractivity contribution in [1.82, 2.24) is 9.97 Å². The van der Waals surface area contributed by atoms with E-state index in [1.807, 2.05) is 44.3 Å². The first-order chi connectivity index (χ1) is 8.16. The van der Waals surface area contributed by atoms with Crippen molar-refractivity contribution in [2.45, 2.75) is 24.8 Å². The third-order valence-corrected chi connectivity index (χ3v) is 3.80. The second-order valence-corrected chi connectivity index (χ2v) is 5.15. The van der Waals surface area contributed by atoms with Crippen LogP contribution in [-0.4, -0.2) is 9.97 Å². The Hall–Kier alpha value is -1.06. The van der Waals surface area contributed by atoms with Crippen LogP contribution in [0, 0.1) is 13.8 Å². The number of hydrogen-bond donors (Lipinski definition) is 0. The molecule has 4 heteroatoms. The monoisotopic (exact) mass is 264 g/mol. The molecule has 2 aromatic rings. The Bertz CT molecular complexity index is 529. The molecular weight excluding hydrogens is 252 g/mol. The average Bonchev–Trinajstić information content (AvgIpc) is 2.32. The van der Waals surface area contributed by atoms with Gasteiger partial charge in [0.2, 0.25) is 0 Å². The van der Waals surface area contributed by atoms with Gasteiger partial charge in [-0.3, -0.25) is 0 Å². The molecule has 0 bridgehead atoms. The molecule has 0 unspecified atom stereocenters. The number of benzene rings is 1. The van der Waals surface area contributed by atoms with Crippen LogP contribution in [0.5, 0.6) is 0 Å². The summed E-state index contributed by atoms with van der Waals surface area (Å²) in [6, 6.07) is 7.85. The molecule has 0 aliphatic heterocycles. The highest BCUT2D eigenvalue weighted by atomic mass is 35.5. The number of hydrogen-bond acceptors (Lipinski definition) is 3. The maximum absolute atomic E-state index is 6.09. The van der Waals surface area contributed by atoms with Crippen LogP contribution in [0.2, 0.25) is 5.02 Å². The topological polar surface area (TPSA) is 25.8 Å². The van der Waals surface area contributed by atoms with Crippen molar-refractivity contribution in [1.29, 1.82) is 0 Å². The van der Waals surface area contributed by atoms with Crippen LogP contribution in [-0.2, 0) is 5.75 Å². The summed E-state index contributed by atoms with van der Waals surface area (Å²) >= 11 is 7.70. The van der Waals surface area contributed by atoms with Crippen LogP contribution >= 0.6 is 23.4 Å². The zero-order valence-electron chi connectivity index (χ0n) is 9.77. The molecule has 17 heavy (non-hydrogen) atoms. The van der Waals surface area contributed by atoms with Crippen molar-refractivity contribution in [3.05, 3.63) is 52.3 Å². The van der Waals surface area contributed by atoms with E-state index in [1.54, 1.807) is 11.8 Å². The maximum Gasteiger partial charge on any atom is 0.188 e. The smallest absolute Gasteiger partial charge is 0.188 e.